The summed E-state index contributed by atoms with van der Waals surface area (Å²) in [4.78, 5) is 0.354. The molecule has 0 N–H and O–H groups in total. The third-order valence-electron chi connectivity index (χ3n) is 3.45. The first-order chi connectivity index (χ1) is 10.1. The van der Waals surface area contributed by atoms with Crippen LogP contribution in [0.1, 0.15) is 41.0 Å². The van der Waals surface area contributed by atoms with Crippen molar-refractivity contribution >= 4 is 25.8 Å². The van der Waals surface area contributed by atoms with Crippen LogP contribution in [-0.4, -0.2) is 13.7 Å². The van der Waals surface area contributed by atoms with Crippen molar-refractivity contribution < 1.29 is 8.42 Å². The van der Waals surface area contributed by atoms with Crippen LogP contribution in [0.4, 0.5) is 0 Å². The van der Waals surface area contributed by atoms with Gasteiger partial charge in [-0.25, -0.2) is 8.42 Å². The average molecular weight is 385 g/mol. The number of sulfone groups is 1. The van der Waals surface area contributed by atoms with Gasteiger partial charge in [-0.1, -0.05) is 61.9 Å². The number of hydrogen-bond donors (Lipinski definition) is 0. The summed E-state index contributed by atoms with van der Waals surface area (Å²) in [6, 6.07) is 6.79. The zero-order valence-corrected chi connectivity index (χ0v) is 16.3. The number of allylic oxidation sites excluding steroid dienone is 3. The fourth-order valence-corrected chi connectivity index (χ4v) is 3.52. The Hall–Kier alpha value is -0.870. The average Bonchev–Trinajstić information content (AvgIpc) is 2.42. The molecule has 122 valence electrons. The van der Waals surface area contributed by atoms with Crippen LogP contribution < -0.4 is 0 Å². The summed E-state index contributed by atoms with van der Waals surface area (Å²) in [5.41, 5.74) is 0.956. The molecule has 0 aliphatic rings. The minimum atomic E-state index is -3.37. The van der Waals surface area contributed by atoms with Crippen molar-refractivity contribution in [3.63, 3.8) is 0 Å². The van der Waals surface area contributed by atoms with E-state index in [9.17, 15) is 8.42 Å². The first kappa shape index (κ1) is 19.2. The lowest BCUT2D eigenvalue weighted by Gasteiger charge is -2.22. The van der Waals surface area contributed by atoms with Gasteiger partial charge < -0.3 is 0 Å². The van der Waals surface area contributed by atoms with E-state index in [1.165, 1.54) is 0 Å². The molecule has 0 aliphatic heterocycles. The molecule has 1 aromatic rings. The molecule has 0 heterocycles. The van der Waals surface area contributed by atoms with Crippen molar-refractivity contribution in [1.29, 1.82) is 0 Å². The first-order valence-corrected chi connectivity index (χ1v) is 9.81. The Morgan fingerprint density at radius 3 is 2.23 bits per heavy atom. The molecule has 1 aromatic carbocycles. The molecule has 2 nitrogen and oxygen atoms in total. The molecule has 0 aromatic heterocycles. The second kappa shape index (κ2) is 7.60. The van der Waals surface area contributed by atoms with E-state index in [1.54, 1.807) is 31.2 Å². The van der Waals surface area contributed by atoms with Crippen LogP contribution in [0.2, 0.25) is 0 Å². The third-order valence-corrected chi connectivity index (χ3v) is 6.02. The second-order valence-corrected chi connectivity index (χ2v) is 9.61. The Morgan fingerprint density at radius 2 is 1.77 bits per heavy atom. The van der Waals surface area contributed by atoms with Gasteiger partial charge in [-0.3, -0.25) is 0 Å². The second-order valence-electron chi connectivity index (χ2n) is 6.39. The third kappa shape index (κ3) is 5.10. The van der Waals surface area contributed by atoms with Crippen molar-refractivity contribution in [3.05, 3.63) is 52.5 Å². The standard InChI is InChI=1S/C18H25BrO2S/c1-6-7-8-15(18(3,4)5)13-14(2)22(20,21)17-11-9-16(19)10-12-17/h7-14H,6H2,1-5H3/b8-7-,15-13+. The van der Waals surface area contributed by atoms with Crippen LogP contribution in [0.25, 0.3) is 0 Å². The van der Waals surface area contributed by atoms with E-state index in [0.29, 0.717) is 4.90 Å². The van der Waals surface area contributed by atoms with Crippen molar-refractivity contribution in [2.75, 3.05) is 0 Å². The molecule has 0 saturated heterocycles. The van der Waals surface area contributed by atoms with Gasteiger partial charge in [-0.05, 0) is 48.6 Å². The van der Waals surface area contributed by atoms with Gasteiger partial charge in [0.15, 0.2) is 9.84 Å². The first-order valence-electron chi connectivity index (χ1n) is 7.47. The highest BCUT2D eigenvalue weighted by Crippen LogP contribution is 2.29. The highest BCUT2D eigenvalue weighted by Gasteiger charge is 2.24. The molecule has 4 heteroatoms. The molecule has 0 radical (unpaired) electrons. The van der Waals surface area contributed by atoms with E-state index in [2.05, 4.69) is 49.7 Å². The van der Waals surface area contributed by atoms with Gasteiger partial charge in [0.2, 0.25) is 0 Å². The van der Waals surface area contributed by atoms with E-state index < -0.39 is 15.1 Å². The number of benzene rings is 1. The fraction of sp³-hybridized carbons (Fsp3) is 0.444. The summed E-state index contributed by atoms with van der Waals surface area (Å²) in [5, 5.41) is -0.565. The van der Waals surface area contributed by atoms with Crippen LogP contribution in [0.5, 0.6) is 0 Å². The van der Waals surface area contributed by atoms with Crippen LogP contribution in [0.15, 0.2) is 57.4 Å². The largest absolute Gasteiger partial charge is 0.223 e. The predicted molar refractivity (Wildman–Crippen MR) is 97.8 cm³/mol. The molecule has 0 spiro atoms. The summed E-state index contributed by atoms with van der Waals surface area (Å²) in [5.74, 6) is 0. The zero-order chi connectivity index (χ0) is 17.0. The SMILES string of the molecule is CC/C=C\C(=C/C(C)S(=O)(=O)c1ccc(Br)cc1)C(C)(C)C. The van der Waals surface area contributed by atoms with Crippen molar-refractivity contribution in [2.24, 2.45) is 5.41 Å². The lowest BCUT2D eigenvalue weighted by molar-refractivity contribution is 0.514. The minimum absolute atomic E-state index is 0.0881. The maximum atomic E-state index is 12.7. The topological polar surface area (TPSA) is 34.1 Å². The smallest absolute Gasteiger partial charge is 0.184 e. The van der Waals surface area contributed by atoms with E-state index in [4.69, 9.17) is 0 Å². The van der Waals surface area contributed by atoms with Crippen LogP contribution >= 0.6 is 15.9 Å². The van der Waals surface area contributed by atoms with Gasteiger partial charge in [0.1, 0.15) is 0 Å². The van der Waals surface area contributed by atoms with Crippen LogP contribution in [-0.2, 0) is 9.84 Å². The molecule has 0 aliphatic carbocycles. The van der Waals surface area contributed by atoms with Gasteiger partial charge in [0, 0.05) is 4.47 Å². The quantitative estimate of drug-likeness (QED) is 0.623. The van der Waals surface area contributed by atoms with E-state index >= 15 is 0 Å². The van der Waals surface area contributed by atoms with Crippen molar-refractivity contribution in [2.45, 2.75) is 51.2 Å². The lowest BCUT2D eigenvalue weighted by Crippen LogP contribution is -2.18. The van der Waals surface area contributed by atoms with Gasteiger partial charge in [-0.2, -0.15) is 0 Å². The normalized spacial score (nSPS) is 15.3. The monoisotopic (exact) mass is 384 g/mol. The fourth-order valence-electron chi connectivity index (χ4n) is 1.98. The molecule has 0 saturated carbocycles. The number of halogens is 1. The number of rotatable bonds is 5. The molecule has 1 rings (SSSR count). The van der Waals surface area contributed by atoms with Crippen LogP contribution in [0, 0.1) is 5.41 Å². The van der Waals surface area contributed by atoms with Crippen LogP contribution in [0.3, 0.4) is 0 Å². The summed E-state index contributed by atoms with van der Waals surface area (Å²) >= 11 is 3.33. The molecular formula is C18H25BrO2S. The Labute approximate surface area is 143 Å². The van der Waals surface area contributed by atoms with Gasteiger partial charge >= 0.3 is 0 Å². The molecule has 0 bridgehead atoms. The van der Waals surface area contributed by atoms with E-state index in [-0.39, 0.29) is 5.41 Å². The Bertz CT molecular complexity index is 647. The van der Waals surface area contributed by atoms with E-state index in [1.807, 2.05) is 12.2 Å². The molecule has 0 amide bonds. The van der Waals surface area contributed by atoms with Crippen molar-refractivity contribution in [3.8, 4) is 0 Å². The maximum absolute atomic E-state index is 12.7. The molecule has 0 fully saturated rings. The minimum Gasteiger partial charge on any atom is -0.223 e. The molecule has 1 unspecified atom stereocenters. The Morgan fingerprint density at radius 1 is 1.23 bits per heavy atom. The van der Waals surface area contributed by atoms with Gasteiger partial charge in [0.25, 0.3) is 0 Å². The summed E-state index contributed by atoms with van der Waals surface area (Å²) in [7, 11) is -3.37. The number of hydrogen-bond acceptors (Lipinski definition) is 2. The van der Waals surface area contributed by atoms with Crippen molar-refractivity contribution in [1.82, 2.24) is 0 Å². The highest BCUT2D eigenvalue weighted by atomic mass is 79.9. The van der Waals surface area contributed by atoms with E-state index in [0.717, 1.165) is 16.5 Å². The maximum Gasteiger partial charge on any atom is 0.184 e. The highest BCUT2D eigenvalue weighted by molar-refractivity contribution is 9.10. The summed E-state index contributed by atoms with van der Waals surface area (Å²) in [6.07, 6.45) is 6.90. The Balaban J connectivity index is 3.21. The summed E-state index contributed by atoms with van der Waals surface area (Å²) in [6.45, 7) is 10.1. The predicted octanol–water partition coefficient (Wildman–Crippen LogP) is 5.55. The molecular weight excluding hydrogens is 360 g/mol. The summed E-state index contributed by atoms with van der Waals surface area (Å²) < 4.78 is 26.3. The molecule has 22 heavy (non-hydrogen) atoms. The van der Waals surface area contributed by atoms with Gasteiger partial charge in [0.05, 0.1) is 10.1 Å². The Kier molecular flexibility index (Phi) is 6.63. The zero-order valence-electron chi connectivity index (χ0n) is 13.9. The lowest BCUT2D eigenvalue weighted by atomic mass is 9.85. The van der Waals surface area contributed by atoms with Gasteiger partial charge in [-0.15, -0.1) is 0 Å². The molecule has 1 atom stereocenters.